The Hall–Kier alpha value is -3.05. The number of nitrogens with one attached hydrogen (secondary N) is 1. The summed E-state index contributed by atoms with van der Waals surface area (Å²) >= 11 is 1.27. The number of fused-ring (bicyclic) bond motifs is 1. The minimum absolute atomic E-state index is 0.187. The van der Waals surface area contributed by atoms with Crippen LogP contribution in [0.3, 0.4) is 0 Å². The standard InChI is InChI=1S/C21H18F2N2O3S/c1-2-28-21(27)18-13-6-3-4-9-17(13)29-20(18)25-19(26)12(11-24)10-14-15(22)7-5-8-16(14)23/h5,7-8,10H,2-4,6,9H2,1H3,(H,25,26)/b12-10+. The first-order chi connectivity index (χ1) is 14.0. The number of nitrogens with zero attached hydrogens (tertiary/aromatic N) is 1. The molecule has 0 bridgehead atoms. The summed E-state index contributed by atoms with van der Waals surface area (Å²) in [7, 11) is 0. The molecule has 0 radical (unpaired) electrons. The summed E-state index contributed by atoms with van der Waals surface area (Å²) in [5.41, 5.74) is 0.206. The molecule has 1 aromatic carbocycles. The molecular formula is C21H18F2N2O3S. The van der Waals surface area contributed by atoms with Gasteiger partial charge in [0, 0.05) is 10.4 Å². The minimum atomic E-state index is -0.885. The van der Waals surface area contributed by atoms with Crippen molar-refractivity contribution in [3.63, 3.8) is 0 Å². The van der Waals surface area contributed by atoms with Gasteiger partial charge in [-0.1, -0.05) is 6.07 Å². The van der Waals surface area contributed by atoms with Crippen molar-refractivity contribution >= 4 is 34.3 Å². The van der Waals surface area contributed by atoms with Crippen molar-refractivity contribution in [1.82, 2.24) is 0 Å². The molecule has 2 aromatic rings. The summed E-state index contributed by atoms with van der Waals surface area (Å²) in [6.07, 6.45) is 4.27. The molecule has 150 valence electrons. The molecule has 3 rings (SSSR count). The Balaban J connectivity index is 1.95. The Kier molecular flexibility index (Phi) is 6.39. The van der Waals surface area contributed by atoms with Gasteiger partial charge in [-0.15, -0.1) is 11.3 Å². The maximum atomic E-state index is 13.9. The van der Waals surface area contributed by atoms with E-state index < -0.39 is 34.6 Å². The van der Waals surface area contributed by atoms with Crippen LogP contribution < -0.4 is 5.32 Å². The number of ether oxygens (including phenoxy) is 1. The molecule has 1 aliphatic carbocycles. The normalized spacial score (nSPS) is 13.4. The van der Waals surface area contributed by atoms with Crippen LogP contribution in [0, 0.1) is 23.0 Å². The molecule has 0 spiro atoms. The van der Waals surface area contributed by atoms with Gasteiger partial charge in [0.15, 0.2) is 0 Å². The first kappa shape index (κ1) is 20.7. The summed E-state index contributed by atoms with van der Waals surface area (Å²) in [4.78, 5) is 26.1. The fourth-order valence-corrected chi connectivity index (χ4v) is 4.46. The van der Waals surface area contributed by atoms with E-state index in [1.54, 1.807) is 13.0 Å². The van der Waals surface area contributed by atoms with Crippen LogP contribution in [0.5, 0.6) is 0 Å². The number of nitriles is 1. The lowest BCUT2D eigenvalue weighted by molar-refractivity contribution is -0.112. The zero-order valence-corrected chi connectivity index (χ0v) is 16.5. The number of carbonyl (C=O) groups excluding carboxylic acids is 2. The predicted molar refractivity (Wildman–Crippen MR) is 105 cm³/mol. The topological polar surface area (TPSA) is 79.2 Å². The molecule has 0 atom stereocenters. The lowest BCUT2D eigenvalue weighted by atomic mass is 9.95. The third-order valence-corrected chi connectivity index (χ3v) is 5.74. The fraction of sp³-hybridized carbons (Fsp3) is 0.286. The van der Waals surface area contributed by atoms with Crippen molar-refractivity contribution in [2.45, 2.75) is 32.6 Å². The highest BCUT2D eigenvalue weighted by Gasteiger charge is 2.28. The Labute approximate surface area is 170 Å². The largest absolute Gasteiger partial charge is 0.462 e. The number of carbonyl (C=O) groups is 2. The molecule has 0 unspecified atom stereocenters. The van der Waals surface area contributed by atoms with Gasteiger partial charge in [0.1, 0.15) is 28.3 Å². The Morgan fingerprint density at radius 2 is 1.97 bits per heavy atom. The number of anilines is 1. The average molecular weight is 416 g/mol. The maximum absolute atomic E-state index is 13.9. The van der Waals surface area contributed by atoms with Gasteiger partial charge in [-0.05, 0) is 56.4 Å². The van der Waals surface area contributed by atoms with Crippen molar-refractivity contribution in [2.75, 3.05) is 11.9 Å². The molecule has 1 heterocycles. The quantitative estimate of drug-likeness (QED) is 0.438. The van der Waals surface area contributed by atoms with Gasteiger partial charge in [0.25, 0.3) is 5.91 Å². The molecule has 1 aliphatic rings. The van der Waals surface area contributed by atoms with Gasteiger partial charge in [0.2, 0.25) is 0 Å². The molecule has 0 fully saturated rings. The highest BCUT2D eigenvalue weighted by atomic mass is 32.1. The van der Waals surface area contributed by atoms with Crippen molar-refractivity contribution in [3.05, 3.63) is 57.0 Å². The van der Waals surface area contributed by atoms with E-state index in [1.165, 1.54) is 17.4 Å². The maximum Gasteiger partial charge on any atom is 0.341 e. The number of halogens is 2. The number of hydrogen-bond acceptors (Lipinski definition) is 5. The summed E-state index contributed by atoms with van der Waals surface area (Å²) in [5, 5.41) is 12.2. The van der Waals surface area contributed by atoms with Crippen molar-refractivity contribution in [2.24, 2.45) is 0 Å². The Bertz CT molecular complexity index is 1020. The molecule has 0 saturated heterocycles. The van der Waals surface area contributed by atoms with E-state index in [1.807, 2.05) is 0 Å². The van der Waals surface area contributed by atoms with Crippen molar-refractivity contribution in [1.29, 1.82) is 5.26 Å². The van der Waals surface area contributed by atoms with E-state index in [9.17, 15) is 23.6 Å². The van der Waals surface area contributed by atoms with Crippen LogP contribution in [0.2, 0.25) is 0 Å². The lowest BCUT2D eigenvalue weighted by Gasteiger charge is -2.12. The zero-order valence-electron chi connectivity index (χ0n) is 15.7. The minimum Gasteiger partial charge on any atom is -0.462 e. The SMILES string of the molecule is CCOC(=O)c1c(NC(=O)/C(C#N)=C/c2c(F)cccc2F)sc2c1CCCC2. The summed E-state index contributed by atoms with van der Waals surface area (Å²) in [6, 6.07) is 4.93. The van der Waals surface area contributed by atoms with Crippen LogP contribution in [0.4, 0.5) is 13.8 Å². The zero-order chi connectivity index (χ0) is 21.0. The molecular weight excluding hydrogens is 398 g/mol. The van der Waals surface area contributed by atoms with E-state index in [-0.39, 0.29) is 11.6 Å². The van der Waals surface area contributed by atoms with Crippen LogP contribution in [0.25, 0.3) is 6.08 Å². The Morgan fingerprint density at radius 3 is 2.62 bits per heavy atom. The molecule has 0 aliphatic heterocycles. The second-order valence-corrected chi connectivity index (χ2v) is 7.50. The van der Waals surface area contributed by atoms with E-state index in [4.69, 9.17) is 4.74 Å². The van der Waals surface area contributed by atoms with Gasteiger partial charge in [0.05, 0.1) is 12.2 Å². The van der Waals surface area contributed by atoms with Gasteiger partial charge in [-0.2, -0.15) is 5.26 Å². The van der Waals surface area contributed by atoms with Crippen molar-refractivity contribution in [3.8, 4) is 6.07 Å². The summed E-state index contributed by atoms with van der Waals surface area (Å²) in [6.45, 7) is 1.88. The molecule has 29 heavy (non-hydrogen) atoms. The monoisotopic (exact) mass is 416 g/mol. The number of thiophene rings is 1. The van der Waals surface area contributed by atoms with E-state index in [0.717, 1.165) is 47.9 Å². The number of amides is 1. The second-order valence-electron chi connectivity index (χ2n) is 6.39. The van der Waals surface area contributed by atoms with Gasteiger partial charge in [-0.25, -0.2) is 13.6 Å². The van der Waals surface area contributed by atoms with E-state index in [0.29, 0.717) is 12.0 Å². The van der Waals surface area contributed by atoms with Crippen LogP contribution in [-0.2, 0) is 22.4 Å². The number of esters is 1. The number of aryl methyl sites for hydroxylation is 1. The first-order valence-electron chi connectivity index (χ1n) is 9.15. The molecule has 1 amide bonds. The number of benzene rings is 1. The van der Waals surface area contributed by atoms with Gasteiger partial charge >= 0.3 is 5.97 Å². The number of rotatable bonds is 5. The smallest absolute Gasteiger partial charge is 0.341 e. The van der Waals surface area contributed by atoms with Gasteiger partial charge in [-0.3, -0.25) is 4.79 Å². The van der Waals surface area contributed by atoms with Crippen LogP contribution >= 0.6 is 11.3 Å². The fourth-order valence-electron chi connectivity index (χ4n) is 3.19. The molecule has 5 nitrogen and oxygen atoms in total. The van der Waals surface area contributed by atoms with Gasteiger partial charge < -0.3 is 10.1 Å². The molecule has 1 N–H and O–H groups in total. The number of hydrogen-bond donors (Lipinski definition) is 1. The Morgan fingerprint density at radius 1 is 1.28 bits per heavy atom. The highest BCUT2D eigenvalue weighted by Crippen LogP contribution is 2.38. The predicted octanol–water partition coefficient (Wildman–Crippen LogP) is 4.63. The third-order valence-electron chi connectivity index (χ3n) is 4.53. The average Bonchev–Trinajstić information content (AvgIpc) is 3.05. The molecule has 1 aromatic heterocycles. The second kappa shape index (κ2) is 8.97. The molecule has 8 heteroatoms. The van der Waals surface area contributed by atoms with Crippen molar-refractivity contribution < 1.29 is 23.1 Å². The first-order valence-corrected chi connectivity index (χ1v) is 9.96. The summed E-state index contributed by atoms with van der Waals surface area (Å²) < 4.78 is 32.9. The highest BCUT2D eigenvalue weighted by molar-refractivity contribution is 7.17. The van der Waals surface area contributed by atoms with Crippen LogP contribution in [-0.4, -0.2) is 18.5 Å². The lowest BCUT2D eigenvalue weighted by Crippen LogP contribution is -2.16. The van der Waals surface area contributed by atoms with Crippen LogP contribution in [0.1, 0.15) is 46.1 Å². The van der Waals surface area contributed by atoms with E-state index in [2.05, 4.69) is 5.32 Å². The third kappa shape index (κ3) is 4.35. The van der Waals surface area contributed by atoms with E-state index >= 15 is 0 Å². The molecule has 0 saturated carbocycles. The van der Waals surface area contributed by atoms with Crippen LogP contribution in [0.15, 0.2) is 23.8 Å². The summed E-state index contributed by atoms with van der Waals surface area (Å²) in [5.74, 6) is -3.15.